The summed E-state index contributed by atoms with van der Waals surface area (Å²) >= 11 is 0. The first kappa shape index (κ1) is 18.8. The van der Waals surface area contributed by atoms with Gasteiger partial charge in [-0.05, 0) is 20.8 Å². The van der Waals surface area contributed by atoms with E-state index in [1.165, 1.54) is 0 Å². The topological polar surface area (TPSA) is 56.7 Å². The summed E-state index contributed by atoms with van der Waals surface area (Å²) in [4.78, 5) is 18.8. The number of hydrogen-bond acceptors (Lipinski definition) is 2. The van der Waals surface area contributed by atoms with E-state index < -0.39 is 0 Å². The summed E-state index contributed by atoms with van der Waals surface area (Å²) in [6.07, 6.45) is 0. The van der Waals surface area contributed by atoms with Crippen LogP contribution in [-0.4, -0.2) is 48.5 Å². The Bertz CT molecular complexity index is 432. The molecule has 1 rings (SSSR count). The van der Waals surface area contributed by atoms with E-state index in [4.69, 9.17) is 0 Å². The second-order valence-corrected chi connectivity index (χ2v) is 8.27. The molecule has 0 bridgehead atoms. The van der Waals surface area contributed by atoms with Crippen LogP contribution in [0, 0.1) is 10.8 Å². The van der Waals surface area contributed by atoms with E-state index in [2.05, 4.69) is 55.1 Å². The van der Waals surface area contributed by atoms with E-state index in [-0.39, 0.29) is 22.3 Å². The second-order valence-electron chi connectivity index (χ2n) is 8.27. The van der Waals surface area contributed by atoms with Gasteiger partial charge in [0.2, 0.25) is 5.91 Å². The summed E-state index contributed by atoms with van der Waals surface area (Å²) in [5.41, 5.74) is 0.0179. The first-order valence-corrected chi connectivity index (χ1v) is 8.28. The molecule has 0 unspecified atom stereocenters. The number of nitrogens with one attached hydrogen (secondary N) is 2. The van der Waals surface area contributed by atoms with Crippen molar-refractivity contribution < 1.29 is 4.79 Å². The van der Waals surface area contributed by atoms with E-state index in [9.17, 15) is 4.79 Å². The lowest BCUT2D eigenvalue weighted by atomic mass is 9.65. The van der Waals surface area contributed by atoms with E-state index in [0.717, 1.165) is 19.0 Å². The van der Waals surface area contributed by atoms with Crippen LogP contribution in [-0.2, 0) is 4.79 Å². The van der Waals surface area contributed by atoms with Crippen LogP contribution in [0.2, 0.25) is 0 Å². The van der Waals surface area contributed by atoms with Gasteiger partial charge >= 0.3 is 0 Å². The van der Waals surface area contributed by atoms with Crippen LogP contribution in [0.25, 0.3) is 0 Å². The quantitative estimate of drug-likeness (QED) is 0.476. The van der Waals surface area contributed by atoms with E-state index in [0.29, 0.717) is 13.1 Å². The lowest BCUT2D eigenvalue weighted by Crippen LogP contribution is -2.72. The molecule has 1 heterocycles. The van der Waals surface area contributed by atoms with Crippen molar-refractivity contribution >= 4 is 11.9 Å². The molecule has 1 aliphatic rings. The Labute approximate surface area is 135 Å². The molecule has 22 heavy (non-hydrogen) atoms. The Hall–Kier alpha value is -1.26. The van der Waals surface area contributed by atoms with Crippen molar-refractivity contribution in [3.05, 3.63) is 0 Å². The number of carbonyl (C=O) groups is 1. The van der Waals surface area contributed by atoms with Gasteiger partial charge < -0.3 is 15.5 Å². The molecule has 128 valence electrons. The van der Waals surface area contributed by atoms with Gasteiger partial charge in [-0.2, -0.15) is 0 Å². The van der Waals surface area contributed by atoms with Crippen LogP contribution < -0.4 is 10.6 Å². The van der Waals surface area contributed by atoms with Gasteiger partial charge in [0.05, 0.1) is 6.54 Å². The maximum Gasteiger partial charge on any atom is 0.225 e. The van der Waals surface area contributed by atoms with Crippen molar-refractivity contribution in [2.75, 3.05) is 26.2 Å². The number of hydrogen-bond donors (Lipinski definition) is 2. The third-order valence-electron chi connectivity index (χ3n) is 4.82. The highest BCUT2D eigenvalue weighted by Gasteiger charge is 2.53. The molecule has 1 aliphatic heterocycles. The fourth-order valence-corrected chi connectivity index (χ4v) is 2.39. The Balaban J connectivity index is 2.60. The van der Waals surface area contributed by atoms with Crippen LogP contribution >= 0.6 is 0 Å². The summed E-state index contributed by atoms with van der Waals surface area (Å²) in [6.45, 7) is 19.9. The Morgan fingerprint density at radius 2 is 1.77 bits per heavy atom. The van der Waals surface area contributed by atoms with E-state index >= 15 is 0 Å². The minimum Gasteiger partial charge on any atom is -0.356 e. The number of aliphatic imine (C=N–C) groups is 1. The molecule has 0 aliphatic carbocycles. The molecule has 1 amide bonds. The van der Waals surface area contributed by atoms with Gasteiger partial charge in [-0.3, -0.25) is 9.79 Å². The molecule has 0 atom stereocenters. The van der Waals surface area contributed by atoms with Crippen LogP contribution in [0.4, 0.5) is 0 Å². The fourth-order valence-electron chi connectivity index (χ4n) is 2.39. The first-order valence-electron chi connectivity index (χ1n) is 8.28. The van der Waals surface area contributed by atoms with Gasteiger partial charge in [0.25, 0.3) is 0 Å². The molecule has 5 heteroatoms. The lowest BCUT2D eigenvalue weighted by molar-refractivity contribution is -0.128. The van der Waals surface area contributed by atoms with Crippen molar-refractivity contribution in [3.63, 3.8) is 0 Å². The summed E-state index contributed by atoms with van der Waals surface area (Å²) in [5, 5.41) is 6.30. The molecule has 1 fully saturated rings. The van der Waals surface area contributed by atoms with Gasteiger partial charge in [-0.15, -0.1) is 0 Å². The average Bonchev–Trinajstić information content (AvgIpc) is 2.38. The first-order chi connectivity index (χ1) is 9.93. The highest BCUT2D eigenvalue weighted by atomic mass is 16.2. The van der Waals surface area contributed by atoms with E-state index in [1.807, 2.05) is 20.8 Å². The number of amides is 1. The van der Waals surface area contributed by atoms with Crippen LogP contribution in [0.5, 0.6) is 0 Å². The average molecular weight is 310 g/mol. The zero-order valence-corrected chi connectivity index (χ0v) is 15.6. The Morgan fingerprint density at radius 3 is 2.18 bits per heavy atom. The Morgan fingerprint density at radius 1 is 1.18 bits per heavy atom. The zero-order chi connectivity index (χ0) is 17.2. The summed E-state index contributed by atoms with van der Waals surface area (Å²) in [6, 6.07) is 0. The molecule has 2 N–H and O–H groups in total. The molecule has 0 radical (unpaired) electrons. The minimum atomic E-state index is -0.350. The largest absolute Gasteiger partial charge is 0.356 e. The molecule has 5 nitrogen and oxygen atoms in total. The van der Waals surface area contributed by atoms with Gasteiger partial charge in [-0.25, -0.2) is 0 Å². The Kier molecular flexibility index (Phi) is 5.52. The number of carbonyl (C=O) groups excluding carboxylic acids is 1. The molecular formula is C17H34N4O. The number of nitrogens with zero attached hydrogens (tertiary/aromatic N) is 2. The molecule has 0 saturated carbocycles. The number of guanidine groups is 1. The summed E-state index contributed by atoms with van der Waals surface area (Å²) in [7, 11) is 0. The highest BCUT2D eigenvalue weighted by Crippen LogP contribution is 2.46. The summed E-state index contributed by atoms with van der Waals surface area (Å²) in [5.74, 6) is 1.01. The monoisotopic (exact) mass is 310 g/mol. The maximum absolute atomic E-state index is 11.8. The number of rotatable bonds is 4. The smallest absolute Gasteiger partial charge is 0.225 e. The van der Waals surface area contributed by atoms with Crippen LogP contribution in [0.15, 0.2) is 4.99 Å². The summed E-state index contributed by atoms with van der Waals surface area (Å²) < 4.78 is 0. The third kappa shape index (κ3) is 3.93. The van der Waals surface area contributed by atoms with Crippen LogP contribution in [0.1, 0.15) is 55.4 Å². The third-order valence-corrected chi connectivity index (χ3v) is 4.82. The molecule has 0 aromatic carbocycles. The van der Waals surface area contributed by atoms with Gasteiger partial charge in [0, 0.05) is 36.0 Å². The zero-order valence-electron chi connectivity index (χ0n) is 15.6. The van der Waals surface area contributed by atoms with Crippen molar-refractivity contribution in [2.45, 2.75) is 60.9 Å². The van der Waals surface area contributed by atoms with E-state index in [1.54, 1.807) is 0 Å². The van der Waals surface area contributed by atoms with Crippen molar-refractivity contribution in [1.29, 1.82) is 0 Å². The number of likely N-dealkylation sites (tertiary alicyclic amines) is 1. The predicted molar refractivity (Wildman–Crippen MR) is 93.0 cm³/mol. The lowest BCUT2D eigenvalue weighted by Gasteiger charge is -2.62. The standard InChI is InChI=1S/C17H34N4O/c1-9-18-14(21-12-16(5,6)17(21,7)8)20-11-10-19-13(22)15(2,3)4/h9-12H2,1-8H3,(H,18,20)(H,19,22). The highest BCUT2D eigenvalue weighted by molar-refractivity contribution is 5.82. The van der Waals surface area contributed by atoms with Crippen molar-refractivity contribution in [3.8, 4) is 0 Å². The molecule has 0 spiro atoms. The molecule has 0 aromatic heterocycles. The van der Waals surface area contributed by atoms with Crippen molar-refractivity contribution in [2.24, 2.45) is 15.8 Å². The van der Waals surface area contributed by atoms with Gasteiger partial charge in [0.1, 0.15) is 0 Å². The van der Waals surface area contributed by atoms with Gasteiger partial charge in [-0.1, -0.05) is 34.6 Å². The predicted octanol–water partition coefficient (Wildman–Crippen LogP) is 2.23. The molecular weight excluding hydrogens is 276 g/mol. The van der Waals surface area contributed by atoms with Gasteiger partial charge in [0.15, 0.2) is 5.96 Å². The fraction of sp³-hybridized carbons (Fsp3) is 0.882. The minimum absolute atomic E-state index is 0.0677. The molecule has 1 saturated heterocycles. The maximum atomic E-state index is 11.8. The molecule has 0 aromatic rings. The second kappa shape index (κ2) is 6.47. The van der Waals surface area contributed by atoms with Crippen molar-refractivity contribution in [1.82, 2.24) is 15.5 Å². The van der Waals surface area contributed by atoms with Crippen LogP contribution in [0.3, 0.4) is 0 Å². The SMILES string of the molecule is CCNC(=NCCNC(=O)C(C)(C)C)N1CC(C)(C)C1(C)C. The normalized spacial score (nSPS) is 20.4.